The molecule has 21 heavy (non-hydrogen) atoms. The lowest BCUT2D eigenvalue weighted by Crippen LogP contribution is -2.36. The Morgan fingerprint density at radius 1 is 1.14 bits per heavy atom. The zero-order valence-corrected chi connectivity index (χ0v) is 13.5. The molecular formula is C18H20N2S. The van der Waals surface area contributed by atoms with Crippen LogP contribution in [-0.2, 0) is 12.0 Å². The van der Waals surface area contributed by atoms with Gasteiger partial charge in [-0.25, -0.2) is 4.98 Å². The van der Waals surface area contributed by atoms with Crippen LogP contribution in [0.5, 0.6) is 0 Å². The Morgan fingerprint density at radius 2 is 1.90 bits per heavy atom. The number of benzene rings is 2. The minimum atomic E-state index is -0.399. The highest BCUT2D eigenvalue weighted by Gasteiger charge is 2.25. The third kappa shape index (κ3) is 2.85. The summed E-state index contributed by atoms with van der Waals surface area (Å²) in [6, 6.07) is 14.7. The lowest BCUT2D eigenvalue weighted by molar-refractivity contribution is 0.487. The van der Waals surface area contributed by atoms with Crippen molar-refractivity contribution in [2.45, 2.75) is 32.7 Å². The predicted octanol–water partition coefficient (Wildman–Crippen LogP) is 4.33. The molecule has 2 aromatic carbocycles. The summed E-state index contributed by atoms with van der Waals surface area (Å²) in [4.78, 5) is 4.71. The number of rotatable bonds is 3. The van der Waals surface area contributed by atoms with E-state index in [1.807, 2.05) is 6.07 Å². The van der Waals surface area contributed by atoms with Crippen LogP contribution >= 0.6 is 11.3 Å². The lowest BCUT2D eigenvalue weighted by Gasteiger charge is -2.26. The van der Waals surface area contributed by atoms with Crippen molar-refractivity contribution >= 4 is 21.6 Å². The molecule has 2 nitrogen and oxygen atoms in total. The SMILES string of the molecule is Cc1ccc(C)c(C(C)(N)Cc2nc3ccccc3s2)c1. The van der Waals surface area contributed by atoms with E-state index in [0.717, 1.165) is 16.9 Å². The van der Waals surface area contributed by atoms with Crippen molar-refractivity contribution in [3.63, 3.8) is 0 Å². The van der Waals surface area contributed by atoms with Gasteiger partial charge in [0, 0.05) is 12.0 Å². The molecule has 3 heteroatoms. The van der Waals surface area contributed by atoms with Gasteiger partial charge in [-0.1, -0.05) is 35.9 Å². The number of hydrogen-bond acceptors (Lipinski definition) is 3. The largest absolute Gasteiger partial charge is 0.321 e. The third-order valence-corrected chi connectivity index (χ3v) is 4.90. The normalized spacial score (nSPS) is 14.3. The van der Waals surface area contributed by atoms with Gasteiger partial charge >= 0.3 is 0 Å². The number of fused-ring (bicyclic) bond motifs is 1. The Balaban J connectivity index is 1.96. The molecule has 0 aliphatic heterocycles. The van der Waals surface area contributed by atoms with Gasteiger partial charge in [0.25, 0.3) is 0 Å². The van der Waals surface area contributed by atoms with E-state index in [4.69, 9.17) is 10.7 Å². The van der Waals surface area contributed by atoms with E-state index in [-0.39, 0.29) is 0 Å². The van der Waals surface area contributed by atoms with Gasteiger partial charge in [-0.15, -0.1) is 11.3 Å². The first-order valence-electron chi connectivity index (χ1n) is 7.17. The maximum absolute atomic E-state index is 6.63. The fourth-order valence-corrected chi connectivity index (χ4v) is 3.89. The van der Waals surface area contributed by atoms with Crippen LogP contribution in [-0.4, -0.2) is 4.98 Å². The van der Waals surface area contributed by atoms with E-state index in [1.165, 1.54) is 21.4 Å². The molecule has 0 fully saturated rings. The minimum absolute atomic E-state index is 0.399. The molecule has 0 amide bonds. The summed E-state index contributed by atoms with van der Waals surface area (Å²) in [6.45, 7) is 6.33. The van der Waals surface area contributed by atoms with E-state index < -0.39 is 5.54 Å². The molecule has 3 rings (SSSR count). The molecule has 108 valence electrons. The molecule has 0 spiro atoms. The molecule has 1 heterocycles. The Hall–Kier alpha value is -1.71. The zero-order valence-electron chi connectivity index (χ0n) is 12.7. The quantitative estimate of drug-likeness (QED) is 0.781. The maximum Gasteiger partial charge on any atom is 0.0960 e. The van der Waals surface area contributed by atoms with Gasteiger partial charge in [-0.3, -0.25) is 0 Å². The number of nitrogens with zero attached hydrogens (tertiary/aromatic N) is 1. The van der Waals surface area contributed by atoms with Crippen LogP contribution in [0.2, 0.25) is 0 Å². The summed E-state index contributed by atoms with van der Waals surface area (Å²) in [5, 5.41) is 1.10. The summed E-state index contributed by atoms with van der Waals surface area (Å²) in [7, 11) is 0. The van der Waals surface area contributed by atoms with E-state index in [1.54, 1.807) is 11.3 Å². The summed E-state index contributed by atoms with van der Waals surface area (Å²) in [6.07, 6.45) is 0.761. The second kappa shape index (κ2) is 5.24. The molecule has 1 aromatic heterocycles. The number of hydrogen-bond donors (Lipinski definition) is 1. The zero-order chi connectivity index (χ0) is 15.0. The van der Waals surface area contributed by atoms with Crippen molar-refractivity contribution in [2.24, 2.45) is 5.73 Å². The van der Waals surface area contributed by atoms with E-state index >= 15 is 0 Å². The number of nitrogens with two attached hydrogens (primary N) is 1. The van der Waals surface area contributed by atoms with Crippen molar-refractivity contribution in [1.29, 1.82) is 0 Å². The number of thiazole rings is 1. The average molecular weight is 296 g/mol. The molecule has 0 bridgehead atoms. The monoisotopic (exact) mass is 296 g/mol. The van der Waals surface area contributed by atoms with Gasteiger partial charge in [0.1, 0.15) is 0 Å². The number of aromatic nitrogens is 1. The third-order valence-electron chi connectivity index (χ3n) is 3.86. The Morgan fingerprint density at radius 3 is 2.67 bits per heavy atom. The standard InChI is InChI=1S/C18H20N2S/c1-12-8-9-13(2)14(10-12)18(3,19)11-17-20-15-6-4-5-7-16(15)21-17/h4-10H,11,19H2,1-3H3. The Labute approximate surface area is 129 Å². The van der Waals surface area contributed by atoms with E-state index in [9.17, 15) is 0 Å². The smallest absolute Gasteiger partial charge is 0.0960 e. The highest BCUT2D eigenvalue weighted by molar-refractivity contribution is 7.18. The molecule has 0 aliphatic carbocycles. The first-order chi connectivity index (χ1) is 9.95. The predicted molar refractivity (Wildman–Crippen MR) is 90.8 cm³/mol. The second-order valence-electron chi connectivity index (χ2n) is 5.99. The molecule has 2 N–H and O–H groups in total. The van der Waals surface area contributed by atoms with Gasteiger partial charge in [0.15, 0.2) is 0 Å². The highest BCUT2D eigenvalue weighted by atomic mass is 32.1. The first-order valence-corrected chi connectivity index (χ1v) is 7.98. The fourth-order valence-electron chi connectivity index (χ4n) is 2.76. The van der Waals surface area contributed by atoms with Crippen molar-refractivity contribution in [2.75, 3.05) is 0 Å². The van der Waals surface area contributed by atoms with Gasteiger partial charge in [0.05, 0.1) is 15.2 Å². The molecule has 0 radical (unpaired) electrons. The van der Waals surface area contributed by atoms with Crippen molar-refractivity contribution < 1.29 is 0 Å². The first kappa shape index (κ1) is 14.2. The molecule has 1 atom stereocenters. The summed E-state index contributed by atoms with van der Waals surface area (Å²) in [5.74, 6) is 0. The molecule has 1 unspecified atom stereocenters. The topological polar surface area (TPSA) is 38.9 Å². The van der Waals surface area contributed by atoms with Gasteiger partial charge in [0.2, 0.25) is 0 Å². The Kier molecular flexibility index (Phi) is 3.56. The summed E-state index contributed by atoms with van der Waals surface area (Å²) >= 11 is 1.74. The van der Waals surface area contributed by atoms with Gasteiger partial charge < -0.3 is 5.73 Å². The van der Waals surface area contributed by atoms with Crippen LogP contribution in [0.25, 0.3) is 10.2 Å². The Bertz CT molecular complexity index is 754. The van der Waals surface area contributed by atoms with Gasteiger partial charge in [-0.2, -0.15) is 0 Å². The average Bonchev–Trinajstić information content (AvgIpc) is 2.82. The fraction of sp³-hybridized carbons (Fsp3) is 0.278. The van der Waals surface area contributed by atoms with E-state index in [0.29, 0.717) is 0 Å². The number of para-hydroxylation sites is 1. The maximum atomic E-state index is 6.63. The van der Waals surface area contributed by atoms with Crippen LogP contribution in [0.3, 0.4) is 0 Å². The molecule has 3 aromatic rings. The second-order valence-corrected chi connectivity index (χ2v) is 7.10. The molecule has 0 aliphatic rings. The van der Waals surface area contributed by atoms with Crippen LogP contribution < -0.4 is 5.73 Å². The van der Waals surface area contributed by atoms with Crippen molar-refractivity contribution in [3.8, 4) is 0 Å². The van der Waals surface area contributed by atoms with Crippen LogP contribution in [0.15, 0.2) is 42.5 Å². The van der Waals surface area contributed by atoms with Crippen molar-refractivity contribution in [3.05, 3.63) is 64.2 Å². The lowest BCUT2D eigenvalue weighted by atomic mass is 9.86. The van der Waals surface area contributed by atoms with Crippen molar-refractivity contribution in [1.82, 2.24) is 4.98 Å². The van der Waals surface area contributed by atoms with Gasteiger partial charge in [-0.05, 0) is 44.0 Å². The summed E-state index contributed by atoms with van der Waals surface area (Å²) < 4.78 is 1.23. The van der Waals surface area contributed by atoms with E-state index in [2.05, 4.69) is 57.2 Å². The summed E-state index contributed by atoms with van der Waals surface area (Å²) in [5.41, 5.74) is 11.0. The van der Waals surface area contributed by atoms with Crippen LogP contribution in [0.4, 0.5) is 0 Å². The number of aryl methyl sites for hydroxylation is 2. The minimum Gasteiger partial charge on any atom is -0.321 e. The van der Waals surface area contributed by atoms with Crippen LogP contribution in [0, 0.1) is 13.8 Å². The molecular weight excluding hydrogens is 276 g/mol. The highest BCUT2D eigenvalue weighted by Crippen LogP contribution is 2.30. The molecule has 0 saturated carbocycles. The van der Waals surface area contributed by atoms with Crippen LogP contribution in [0.1, 0.15) is 28.6 Å². The molecule has 0 saturated heterocycles.